The Balaban J connectivity index is 1.50. The van der Waals surface area contributed by atoms with E-state index in [0.717, 1.165) is 28.8 Å². The summed E-state index contributed by atoms with van der Waals surface area (Å²) in [4.78, 5) is 25.4. The number of carbonyl (C=O) groups is 2. The summed E-state index contributed by atoms with van der Waals surface area (Å²) in [6, 6.07) is 15.5. The molecule has 194 valence electrons. The highest BCUT2D eigenvalue weighted by atomic mass is 19.4. The summed E-state index contributed by atoms with van der Waals surface area (Å²) < 4.78 is 44.4. The van der Waals surface area contributed by atoms with Crippen molar-refractivity contribution in [2.75, 3.05) is 5.32 Å². The second-order valence-electron chi connectivity index (χ2n) is 10.3. The van der Waals surface area contributed by atoms with Crippen LogP contribution < -0.4 is 10.6 Å². The van der Waals surface area contributed by atoms with Gasteiger partial charge < -0.3 is 15.4 Å². The van der Waals surface area contributed by atoms with Crippen molar-refractivity contribution in [2.24, 2.45) is 0 Å². The molecule has 8 heteroatoms. The van der Waals surface area contributed by atoms with Crippen LogP contribution in [0.2, 0.25) is 0 Å². The fraction of sp³-hybridized carbons (Fsp3) is 0.310. The van der Waals surface area contributed by atoms with E-state index in [-0.39, 0.29) is 11.9 Å². The van der Waals surface area contributed by atoms with Gasteiger partial charge in [0, 0.05) is 17.3 Å². The average molecular weight is 511 g/mol. The first kappa shape index (κ1) is 26.3. The van der Waals surface area contributed by atoms with Crippen LogP contribution in [0.3, 0.4) is 0 Å². The lowest BCUT2D eigenvalue weighted by atomic mass is 9.93. The van der Waals surface area contributed by atoms with E-state index in [1.807, 2.05) is 45.9 Å². The van der Waals surface area contributed by atoms with Crippen LogP contribution in [0, 0.1) is 6.92 Å². The number of hydrogen-bond acceptors (Lipinski definition) is 3. The lowest BCUT2D eigenvalue weighted by molar-refractivity contribution is -0.137. The monoisotopic (exact) mass is 510 g/mol. The molecule has 1 aliphatic rings. The summed E-state index contributed by atoms with van der Waals surface area (Å²) >= 11 is 0. The molecule has 0 fully saturated rings. The zero-order valence-electron chi connectivity index (χ0n) is 21.1. The second kappa shape index (κ2) is 9.92. The number of halogens is 3. The van der Waals surface area contributed by atoms with Crippen LogP contribution in [-0.2, 0) is 23.8 Å². The van der Waals surface area contributed by atoms with E-state index in [2.05, 4.69) is 10.6 Å². The van der Waals surface area contributed by atoms with E-state index in [1.165, 1.54) is 12.1 Å². The molecule has 1 unspecified atom stereocenters. The number of alkyl carbamates (subject to hydrolysis) is 1. The molecule has 0 aromatic heterocycles. The van der Waals surface area contributed by atoms with Gasteiger partial charge in [0.2, 0.25) is 0 Å². The van der Waals surface area contributed by atoms with E-state index in [9.17, 15) is 22.8 Å². The Kier molecular flexibility index (Phi) is 7.04. The number of carbonyl (C=O) groups excluding carboxylic acids is 2. The maximum absolute atomic E-state index is 13.3. The third kappa shape index (κ3) is 6.31. The third-order valence-corrected chi connectivity index (χ3v) is 6.14. The van der Waals surface area contributed by atoms with Gasteiger partial charge in [-0.2, -0.15) is 13.2 Å². The van der Waals surface area contributed by atoms with Gasteiger partial charge in [-0.05, 0) is 98.7 Å². The van der Waals surface area contributed by atoms with E-state index in [0.29, 0.717) is 35.2 Å². The van der Waals surface area contributed by atoms with Crippen molar-refractivity contribution in [2.45, 2.75) is 58.4 Å². The lowest BCUT2D eigenvalue weighted by Gasteiger charge is -2.21. The molecule has 3 aromatic rings. The summed E-state index contributed by atoms with van der Waals surface area (Å²) in [6.45, 7) is 7.24. The minimum absolute atomic E-state index is 0.0983. The summed E-state index contributed by atoms with van der Waals surface area (Å²) in [5, 5.41) is 5.81. The van der Waals surface area contributed by atoms with Gasteiger partial charge in [-0.15, -0.1) is 0 Å². The molecule has 0 aliphatic heterocycles. The number of nitrogens with one attached hydrogen (secondary N) is 2. The second-order valence-corrected chi connectivity index (χ2v) is 10.3. The molecule has 0 bridgehead atoms. The predicted octanol–water partition coefficient (Wildman–Crippen LogP) is 6.93. The summed E-state index contributed by atoms with van der Waals surface area (Å²) in [5.41, 5.74) is 3.63. The summed E-state index contributed by atoms with van der Waals surface area (Å²) in [5.74, 6) is -0.361. The molecule has 1 aliphatic carbocycles. The molecule has 0 spiro atoms. The van der Waals surface area contributed by atoms with Crippen LogP contribution in [-0.4, -0.2) is 23.6 Å². The maximum Gasteiger partial charge on any atom is 0.416 e. The first-order chi connectivity index (χ1) is 17.3. The third-order valence-electron chi connectivity index (χ3n) is 6.14. The normalized spacial score (nSPS) is 15.2. The highest BCUT2D eigenvalue weighted by molar-refractivity contribution is 6.09. The molecule has 0 saturated carbocycles. The van der Waals surface area contributed by atoms with Crippen LogP contribution in [0.5, 0.6) is 0 Å². The van der Waals surface area contributed by atoms with Gasteiger partial charge in [0.25, 0.3) is 5.91 Å². The summed E-state index contributed by atoms with van der Waals surface area (Å²) in [7, 11) is 0. The Labute approximate surface area is 214 Å². The molecule has 0 saturated heterocycles. The molecule has 5 nitrogen and oxygen atoms in total. The van der Waals surface area contributed by atoms with Crippen molar-refractivity contribution < 1.29 is 27.5 Å². The Bertz CT molecular complexity index is 1330. The van der Waals surface area contributed by atoms with Gasteiger partial charge in [0.05, 0.1) is 5.56 Å². The molecule has 0 heterocycles. The van der Waals surface area contributed by atoms with Crippen molar-refractivity contribution >= 4 is 17.7 Å². The van der Waals surface area contributed by atoms with Crippen molar-refractivity contribution in [1.82, 2.24) is 5.32 Å². The maximum atomic E-state index is 13.3. The molecular weight excluding hydrogens is 481 g/mol. The molecule has 2 N–H and O–H groups in total. The van der Waals surface area contributed by atoms with Gasteiger partial charge >= 0.3 is 12.3 Å². The largest absolute Gasteiger partial charge is 0.444 e. The number of fused-ring (bicyclic) bond motifs is 1. The molecule has 37 heavy (non-hydrogen) atoms. The smallest absolute Gasteiger partial charge is 0.416 e. The minimum Gasteiger partial charge on any atom is -0.444 e. The molecule has 3 aromatic carbocycles. The highest BCUT2D eigenvalue weighted by Crippen LogP contribution is 2.34. The highest BCUT2D eigenvalue weighted by Gasteiger charge is 2.30. The molecule has 0 radical (unpaired) electrons. The van der Waals surface area contributed by atoms with E-state index >= 15 is 0 Å². The number of anilines is 1. The van der Waals surface area contributed by atoms with Crippen molar-refractivity contribution in [3.8, 4) is 11.1 Å². The number of aryl methyl sites for hydroxylation is 1. The van der Waals surface area contributed by atoms with Gasteiger partial charge in [0.1, 0.15) is 5.60 Å². The first-order valence-electron chi connectivity index (χ1n) is 12.0. The van der Waals surface area contributed by atoms with Gasteiger partial charge in [-0.1, -0.05) is 30.3 Å². The van der Waals surface area contributed by atoms with E-state index in [1.54, 1.807) is 18.2 Å². The van der Waals surface area contributed by atoms with Crippen molar-refractivity contribution in [3.05, 3.63) is 88.5 Å². The topological polar surface area (TPSA) is 67.4 Å². The number of amides is 2. The van der Waals surface area contributed by atoms with Crippen LogP contribution in [0.4, 0.5) is 23.7 Å². The fourth-order valence-electron chi connectivity index (χ4n) is 4.54. The van der Waals surface area contributed by atoms with Crippen LogP contribution in [0.25, 0.3) is 11.1 Å². The SMILES string of the molecule is Cc1cccc(C(=O)Nc2ccc3c(c2)CC(NC(=O)OC(C)(C)C)C3)c1-c1ccc(C(F)(F)F)cc1. The zero-order valence-corrected chi connectivity index (χ0v) is 21.1. The molecule has 2 amide bonds. The van der Waals surface area contributed by atoms with E-state index < -0.39 is 23.4 Å². The lowest BCUT2D eigenvalue weighted by Crippen LogP contribution is -2.39. The van der Waals surface area contributed by atoms with Gasteiger partial charge in [0.15, 0.2) is 0 Å². The average Bonchev–Trinajstić information content (AvgIpc) is 3.18. The summed E-state index contributed by atoms with van der Waals surface area (Å²) in [6.07, 6.45) is -3.62. The molecule has 1 atom stereocenters. The fourth-order valence-corrected chi connectivity index (χ4v) is 4.54. The number of rotatable bonds is 4. The number of ether oxygens (including phenoxy) is 1. The Hall–Kier alpha value is -3.81. The van der Waals surface area contributed by atoms with Crippen LogP contribution >= 0.6 is 0 Å². The Morgan fingerprint density at radius 3 is 2.24 bits per heavy atom. The van der Waals surface area contributed by atoms with E-state index in [4.69, 9.17) is 4.74 Å². The quantitative estimate of drug-likeness (QED) is 0.400. The Morgan fingerprint density at radius 2 is 1.59 bits per heavy atom. The number of benzene rings is 3. The molecular formula is C29H29F3N2O3. The zero-order chi connectivity index (χ0) is 27.0. The first-order valence-corrected chi connectivity index (χ1v) is 12.0. The standard InChI is InChI=1S/C29H29F3N2O3/c1-17-6-5-7-24(25(17)18-8-11-21(12-9-18)29(30,31)32)26(35)33-22-13-10-19-14-23(16-20(19)15-22)34-27(36)37-28(2,3)4/h5-13,15,23H,14,16H2,1-4H3,(H,33,35)(H,34,36). The van der Waals surface area contributed by atoms with Crippen LogP contribution in [0.15, 0.2) is 60.7 Å². The Morgan fingerprint density at radius 1 is 0.919 bits per heavy atom. The van der Waals surface area contributed by atoms with Crippen LogP contribution in [0.1, 0.15) is 53.4 Å². The number of alkyl halides is 3. The predicted molar refractivity (Wildman–Crippen MR) is 137 cm³/mol. The molecule has 4 rings (SSSR count). The number of hydrogen-bond donors (Lipinski definition) is 2. The van der Waals surface area contributed by atoms with Gasteiger partial charge in [-0.3, -0.25) is 4.79 Å². The minimum atomic E-state index is -4.43. The van der Waals surface area contributed by atoms with Gasteiger partial charge in [-0.25, -0.2) is 4.79 Å². The van der Waals surface area contributed by atoms with Crippen molar-refractivity contribution in [1.29, 1.82) is 0 Å². The van der Waals surface area contributed by atoms with Crippen molar-refractivity contribution in [3.63, 3.8) is 0 Å².